The third kappa shape index (κ3) is 3.25. The molecule has 9 heteroatoms. The summed E-state index contributed by atoms with van der Waals surface area (Å²) in [5.74, 6) is -11.3. The third-order valence-corrected chi connectivity index (χ3v) is 2.42. The summed E-state index contributed by atoms with van der Waals surface area (Å²) >= 11 is 0. The van der Waals surface area contributed by atoms with E-state index >= 15 is 0 Å². The third-order valence-electron chi connectivity index (χ3n) is 2.42. The molecule has 108 valence electrons. The molecule has 0 aliphatic carbocycles. The zero-order chi connectivity index (χ0) is 14.0. The second-order valence-electron chi connectivity index (χ2n) is 3.84. The predicted octanol–water partition coefficient (Wildman–Crippen LogP) is 3.36. The quantitative estimate of drug-likeness (QED) is 0.721. The largest absolute Gasteiger partial charge is 0.459 e. The van der Waals surface area contributed by atoms with Gasteiger partial charge in [-0.3, -0.25) is 0 Å². The molecule has 0 saturated carbocycles. The Morgan fingerprint density at radius 2 is 1.67 bits per heavy atom. The average molecular weight is 284 g/mol. The van der Waals surface area contributed by atoms with Gasteiger partial charge in [0.25, 0.3) is 0 Å². The molecule has 1 fully saturated rings. The second kappa shape index (κ2) is 5.20. The fourth-order valence-electron chi connectivity index (χ4n) is 1.36. The van der Waals surface area contributed by atoms with Crippen molar-refractivity contribution >= 4 is 0 Å². The molecular formula is C9H11F7O2. The molecule has 18 heavy (non-hydrogen) atoms. The monoisotopic (exact) mass is 284 g/mol. The average Bonchev–Trinajstić information content (AvgIpc) is 2.68. The number of hydrogen-bond acceptors (Lipinski definition) is 2. The normalized spacial score (nSPS) is 22.5. The molecule has 0 N–H and O–H groups in total. The maximum absolute atomic E-state index is 12.8. The Bertz CT molecular complexity index is 271. The van der Waals surface area contributed by atoms with Crippen LogP contribution in [0.4, 0.5) is 30.7 Å². The molecule has 1 atom stereocenters. The molecule has 0 amide bonds. The van der Waals surface area contributed by atoms with Gasteiger partial charge in [-0.05, 0) is 6.42 Å². The van der Waals surface area contributed by atoms with E-state index < -0.39 is 37.3 Å². The topological polar surface area (TPSA) is 18.5 Å². The van der Waals surface area contributed by atoms with Gasteiger partial charge in [-0.2, -0.15) is 30.7 Å². The van der Waals surface area contributed by atoms with E-state index in [1.807, 2.05) is 0 Å². The number of halogens is 7. The van der Waals surface area contributed by atoms with Gasteiger partial charge in [0, 0.05) is 19.4 Å². The number of ether oxygens (including phenoxy) is 2. The lowest BCUT2D eigenvalue weighted by atomic mass is 10.1. The van der Waals surface area contributed by atoms with E-state index in [1.54, 1.807) is 0 Å². The van der Waals surface area contributed by atoms with Crippen molar-refractivity contribution in [1.29, 1.82) is 0 Å². The predicted molar refractivity (Wildman–Crippen MR) is 45.5 cm³/mol. The SMILES string of the molecule is FC(F)(F)C(F)(F)C(F)(F)CCOC1CCCO1. The van der Waals surface area contributed by atoms with Crippen molar-refractivity contribution in [1.82, 2.24) is 0 Å². The van der Waals surface area contributed by atoms with Gasteiger partial charge in [-0.15, -0.1) is 0 Å². The van der Waals surface area contributed by atoms with Crippen LogP contribution in [0.15, 0.2) is 0 Å². The molecule has 1 heterocycles. The minimum Gasteiger partial charge on any atom is -0.353 e. The first kappa shape index (κ1) is 15.5. The van der Waals surface area contributed by atoms with Gasteiger partial charge in [0.05, 0.1) is 6.61 Å². The van der Waals surface area contributed by atoms with Crippen LogP contribution in [0.2, 0.25) is 0 Å². The van der Waals surface area contributed by atoms with Crippen molar-refractivity contribution in [2.45, 2.75) is 43.6 Å². The van der Waals surface area contributed by atoms with Gasteiger partial charge in [0.2, 0.25) is 0 Å². The molecule has 0 bridgehead atoms. The van der Waals surface area contributed by atoms with Crippen LogP contribution in [-0.2, 0) is 9.47 Å². The van der Waals surface area contributed by atoms with Crippen molar-refractivity contribution in [2.75, 3.05) is 13.2 Å². The Balaban J connectivity index is 2.47. The Hall–Kier alpha value is -0.570. The summed E-state index contributed by atoms with van der Waals surface area (Å²) in [6.07, 6.45) is -7.79. The standard InChI is InChI=1S/C9H11F7O2/c10-7(11,8(12,13)9(14,15)16)3-5-18-6-2-1-4-17-6/h6H,1-5H2. The highest BCUT2D eigenvalue weighted by Gasteiger charge is 2.72. The van der Waals surface area contributed by atoms with E-state index in [9.17, 15) is 30.7 Å². The second-order valence-corrected chi connectivity index (χ2v) is 3.84. The Kier molecular flexibility index (Phi) is 4.47. The molecule has 0 aromatic rings. The van der Waals surface area contributed by atoms with E-state index in [0.717, 1.165) is 0 Å². The van der Waals surface area contributed by atoms with Crippen molar-refractivity contribution in [3.05, 3.63) is 0 Å². The van der Waals surface area contributed by atoms with Crippen molar-refractivity contribution in [3.8, 4) is 0 Å². The Labute approximate surface area is 98.0 Å². The van der Waals surface area contributed by atoms with E-state index in [2.05, 4.69) is 4.74 Å². The van der Waals surface area contributed by atoms with Crippen LogP contribution in [0.25, 0.3) is 0 Å². The van der Waals surface area contributed by atoms with Gasteiger partial charge in [-0.25, -0.2) is 0 Å². The summed E-state index contributed by atoms with van der Waals surface area (Å²) in [6, 6.07) is 0. The summed E-state index contributed by atoms with van der Waals surface area (Å²) < 4.78 is 95.2. The molecule has 1 unspecified atom stereocenters. The maximum Gasteiger partial charge on any atom is 0.459 e. The van der Waals surface area contributed by atoms with Crippen LogP contribution in [0, 0.1) is 0 Å². The van der Waals surface area contributed by atoms with E-state index in [4.69, 9.17) is 4.74 Å². The van der Waals surface area contributed by atoms with Crippen LogP contribution in [0.3, 0.4) is 0 Å². The van der Waals surface area contributed by atoms with Gasteiger partial charge >= 0.3 is 18.0 Å². The first-order chi connectivity index (χ1) is 8.08. The highest BCUT2D eigenvalue weighted by atomic mass is 19.4. The fourth-order valence-corrected chi connectivity index (χ4v) is 1.36. The first-order valence-electron chi connectivity index (χ1n) is 5.13. The highest BCUT2D eigenvalue weighted by Crippen LogP contribution is 2.47. The minimum absolute atomic E-state index is 0.347. The molecule has 1 rings (SSSR count). The van der Waals surface area contributed by atoms with Crippen molar-refractivity contribution in [2.24, 2.45) is 0 Å². The molecule has 1 aliphatic rings. The minimum atomic E-state index is -6.29. The molecule has 0 radical (unpaired) electrons. The summed E-state index contributed by atoms with van der Waals surface area (Å²) in [4.78, 5) is 0. The molecule has 0 aromatic heterocycles. The highest BCUT2D eigenvalue weighted by molar-refractivity contribution is 4.90. The van der Waals surface area contributed by atoms with Crippen LogP contribution < -0.4 is 0 Å². The molecule has 1 saturated heterocycles. The van der Waals surface area contributed by atoms with Gasteiger partial charge < -0.3 is 9.47 Å². The number of rotatable bonds is 5. The summed E-state index contributed by atoms with van der Waals surface area (Å²) in [5, 5.41) is 0. The zero-order valence-electron chi connectivity index (χ0n) is 9.08. The lowest BCUT2D eigenvalue weighted by Crippen LogP contribution is -2.52. The van der Waals surface area contributed by atoms with Crippen LogP contribution in [0.1, 0.15) is 19.3 Å². The molecule has 0 spiro atoms. The number of hydrogen-bond donors (Lipinski definition) is 0. The van der Waals surface area contributed by atoms with Gasteiger partial charge in [-0.1, -0.05) is 0 Å². The van der Waals surface area contributed by atoms with Crippen molar-refractivity contribution in [3.63, 3.8) is 0 Å². The van der Waals surface area contributed by atoms with E-state index in [-0.39, 0.29) is 0 Å². The maximum atomic E-state index is 12.8. The fraction of sp³-hybridized carbons (Fsp3) is 1.00. The summed E-state index contributed by atoms with van der Waals surface area (Å²) in [7, 11) is 0. The Morgan fingerprint density at radius 3 is 2.11 bits per heavy atom. The number of alkyl halides is 7. The molecule has 2 nitrogen and oxygen atoms in total. The lowest BCUT2D eigenvalue weighted by molar-refractivity contribution is -0.357. The smallest absolute Gasteiger partial charge is 0.353 e. The summed E-state index contributed by atoms with van der Waals surface area (Å²) in [6.45, 7) is -0.580. The lowest BCUT2D eigenvalue weighted by Gasteiger charge is -2.28. The zero-order valence-corrected chi connectivity index (χ0v) is 9.08. The molecular weight excluding hydrogens is 273 g/mol. The van der Waals surface area contributed by atoms with Gasteiger partial charge in [0.1, 0.15) is 0 Å². The molecule has 1 aliphatic heterocycles. The van der Waals surface area contributed by atoms with E-state index in [0.29, 0.717) is 19.4 Å². The van der Waals surface area contributed by atoms with Crippen molar-refractivity contribution < 1.29 is 40.2 Å². The van der Waals surface area contributed by atoms with Crippen LogP contribution in [0.5, 0.6) is 0 Å². The molecule has 0 aromatic carbocycles. The van der Waals surface area contributed by atoms with Crippen LogP contribution >= 0.6 is 0 Å². The Morgan fingerprint density at radius 1 is 1.06 bits per heavy atom. The van der Waals surface area contributed by atoms with Gasteiger partial charge in [0.15, 0.2) is 6.29 Å². The summed E-state index contributed by atoms with van der Waals surface area (Å²) in [5.41, 5.74) is 0. The first-order valence-corrected chi connectivity index (χ1v) is 5.13. The van der Waals surface area contributed by atoms with E-state index in [1.165, 1.54) is 0 Å². The van der Waals surface area contributed by atoms with Crippen LogP contribution in [-0.4, -0.2) is 37.5 Å².